The number of carbonyl (C=O) groups excluding carboxylic acids is 3. The summed E-state index contributed by atoms with van der Waals surface area (Å²) >= 11 is 6.30. The number of halogens is 1. The number of benzene rings is 2. The van der Waals surface area contributed by atoms with Crippen LogP contribution in [0.4, 0.5) is 32.6 Å². The molecule has 15 heteroatoms. The molecule has 292 valence electrons. The van der Waals surface area contributed by atoms with Gasteiger partial charge in [0.1, 0.15) is 6.07 Å². The Morgan fingerprint density at radius 3 is 2.45 bits per heavy atom. The van der Waals surface area contributed by atoms with Crippen molar-refractivity contribution in [1.82, 2.24) is 29.7 Å². The highest BCUT2D eigenvalue weighted by Crippen LogP contribution is 2.34. The van der Waals surface area contributed by atoms with E-state index in [0.29, 0.717) is 60.2 Å². The number of nitriles is 1. The number of nitrogens with zero attached hydrogens (tertiary/aromatic N) is 9. The van der Waals surface area contributed by atoms with E-state index < -0.39 is 0 Å². The van der Waals surface area contributed by atoms with Crippen molar-refractivity contribution in [2.45, 2.75) is 64.1 Å². The molecule has 14 nitrogen and oxygen atoms in total. The maximum Gasteiger partial charge on any atom is 0.328 e. The number of nitrogens with one attached hydrogen (secondary N) is 2. The first-order valence-electron chi connectivity index (χ1n) is 19.7. The Labute approximate surface area is 332 Å². The molecule has 0 aliphatic carbocycles. The van der Waals surface area contributed by atoms with Gasteiger partial charge in [-0.1, -0.05) is 17.7 Å². The summed E-state index contributed by atoms with van der Waals surface area (Å²) in [6.45, 7) is 10.7. The van der Waals surface area contributed by atoms with Gasteiger partial charge in [-0.25, -0.2) is 19.6 Å². The summed E-state index contributed by atoms with van der Waals surface area (Å²) in [5.74, 6) is 1.09. The molecule has 4 aliphatic rings. The number of rotatable bonds is 7. The fraction of sp³-hybridized carbons (Fsp3) is 0.463. The number of hydrogen-bond donors (Lipinski definition) is 2. The Balaban J connectivity index is 0.787. The van der Waals surface area contributed by atoms with Crippen LogP contribution < -0.4 is 25.3 Å². The van der Waals surface area contributed by atoms with Crippen molar-refractivity contribution < 1.29 is 14.4 Å². The molecule has 0 radical (unpaired) electrons. The number of anilines is 4. The number of hydrogen-bond acceptors (Lipinski definition) is 9. The van der Waals surface area contributed by atoms with Crippen LogP contribution in [-0.2, 0) is 4.79 Å². The van der Waals surface area contributed by atoms with E-state index in [-0.39, 0.29) is 30.1 Å². The quantitative estimate of drug-likeness (QED) is 0.228. The third-order valence-corrected chi connectivity index (χ3v) is 12.3. The van der Waals surface area contributed by atoms with E-state index in [2.05, 4.69) is 71.2 Å². The highest BCUT2D eigenvalue weighted by Gasteiger charge is 2.33. The van der Waals surface area contributed by atoms with Crippen LogP contribution in [0.3, 0.4) is 0 Å². The van der Waals surface area contributed by atoms with E-state index >= 15 is 0 Å². The number of urea groups is 2. The predicted molar refractivity (Wildman–Crippen MR) is 217 cm³/mol. The molecule has 4 aliphatic heterocycles. The molecular weight excluding hydrogens is 730 g/mol. The summed E-state index contributed by atoms with van der Waals surface area (Å²) in [7, 11) is 0. The smallest absolute Gasteiger partial charge is 0.328 e. The van der Waals surface area contributed by atoms with Gasteiger partial charge in [0.25, 0.3) is 0 Å². The molecule has 2 atom stereocenters. The van der Waals surface area contributed by atoms with Gasteiger partial charge in [0.15, 0.2) is 0 Å². The summed E-state index contributed by atoms with van der Waals surface area (Å²) < 4.78 is 2.37. The van der Waals surface area contributed by atoms with Gasteiger partial charge in [-0.3, -0.25) is 15.0 Å². The first-order valence-corrected chi connectivity index (χ1v) is 20.1. The van der Waals surface area contributed by atoms with Crippen LogP contribution in [0, 0.1) is 17.2 Å². The Hall–Kier alpha value is -5.39. The van der Waals surface area contributed by atoms with E-state index in [9.17, 15) is 19.6 Å². The summed E-state index contributed by atoms with van der Waals surface area (Å²) in [5, 5.41) is 16.1. The monoisotopic (exact) mass is 777 g/mol. The SMILES string of the molecule is C[C@@H]1CN(c2ccc(C#N)c(Cl)c2)[C@@H](C)CN1C(=O)Nc1cnc(N2CCC(CN3CCC(n4ccc5c(N6CCC(=O)NC6=O)cccc54)CC3)CC2)nc1. The number of imide groups is 1. The van der Waals surface area contributed by atoms with Gasteiger partial charge in [0.2, 0.25) is 11.9 Å². The molecular formula is C41H48ClN11O3. The molecule has 4 fully saturated rings. The molecule has 5 amide bonds. The third-order valence-electron chi connectivity index (χ3n) is 12.0. The maximum absolute atomic E-state index is 13.4. The Morgan fingerprint density at radius 1 is 0.964 bits per heavy atom. The van der Waals surface area contributed by atoms with Gasteiger partial charge in [0.05, 0.1) is 39.9 Å². The van der Waals surface area contributed by atoms with Gasteiger partial charge in [-0.05, 0) is 81.8 Å². The van der Waals surface area contributed by atoms with Crippen molar-refractivity contribution in [3.8, 4) is 6.07 Å². The maximum atomic E-state index is 13.4. The fourth-order valence-corrected chi connectivity index (χ4v) is 9.08. The van der Waals surface area contributed by atoms with Crippen LogP contribution in [0.5, 0.6) is 0 Å². The fourth-order valence-electron chi connectivity index (χ4n) is 8.87. The van der Waals surface area contributed by atoms with Crippen molar-refractivity contribution in [2.75, 3.05) is 72.4 Å². The van der Waals surface area contributed by atoms with Crippen LogP contribution in [0.1, 0.15) is 57.6 Å². The molecule has 0 spiro atoms. The molecule has 0 unspecified atom stereocenters. The van der Waals surface area contributed by atoms with E-state index in [4.69, 9.17) is 11.6 Å². The number of aromatic nitrogens is 3. The van der Waals surface area contributed by atoms with Gasteiger partial charge in [-0.2, -0.15) is 5.26 Å². The minimum atomic E-state index is -0.354. The molecule has 4 saturated heterocycles. The lowest BCUT2D eigenvalue weighted by atomic mass is 9.95. The van der Waals surface area contributed by atoms with Crippen LogP contribution in [-0.4, -0.2) is 107 Å². The number of amides is 5. The normalized spacial score (nSPS) is 21.7. The average molecular weight is 778 g/mol. The minimum absolute atomic E-state index is 0.0475. The van der Waals surface area contributed by atoms with E-state index in [1.807, 2.05) is 36.1 Å². The largest absolute Gasteiger partial charge is 0.365 e. The molecule has 6 heterocycles. The number of carbonyl (C=O) groups is 3. The number of fused-ring (bicyclic) bond motifs is 1. The zero-order valence-electron chi connectivity index (χ0n) is 31.9. The third kappa shape index (κ3) is 7.70. The van der Waals surface area contributed by atoms with Gasteiger partial charge < -0.3 is 29.5 Å². The lowest BCUT2D eigenvalue weighted by molar-refractivity contribution is -0.120. The highest BCUT2D eigenvalue weighted by atomic mass is 35.5. The van der Waals surface area contributed by atoms with E-state index in [1.165, 1.54) is 0 Å². The second kappa shape index (κ2) is 16.0. The average Bonchev–Trinajstić information content (AvgIpc) is 3.64. The number of piperazine rings is 1. The Bertz CT molecular complexity index is 2140. The molecule has 2 N–H and O–H groups in total. The van der Waals surface area contributed by atoms with Crippen LogP contribution in [0.2, 0.25) is 5.02 Å². The number of likely N-dealkylation sites (tertiary alicyclic amines) is 1. The number of piperidine rings is 2. The zero-order chi connectivity index (χ0) is 38.9. The molecule has 8 rings (SSSR count). The summed E-state index contributed by atoms with van der Waals surface area (Å²) in [6.07, 6.45) is 10.2. The standard InChI is InChI=1S/C41H48ClN11O3/c1-27-25-53(28(2)24-52(27)33-7-6-30(21-43)35(42)20-33)40(55)46-31-22-44-39(45-23-31)49-16-8-29(9-17-49)26-48-14-10-32(11-15-48)50-18-12-34-36(50)4-3-5-37(34)51-19-13-38(54)47-41(51)56/h3-7,12,18,20,22-23,27-29,32H,8-11,13-17,19,24-26H2,1-2H3,(H,46,55)(H,47,54,56)/t27-,28+/m0/s1. The van der Waals surface area contributed by atoms with E-state index in [0.717, 1.165) is 80.7 Å². The molecule has 0 bridgehead atoms. The van der Waals surface area contributed by atoms with Gasteiger partial charge >= 0.3 is 12.1 Å². The van der Waals surface area contributed by atoms with Crippen LogP contribution in [0.15, 0.2) is 61.1 Å². The summed E-state index contributed by atoms with van der Waals surface area (Å²) in [4.78, 5) is 57.5. The van der Waals surface area contributed by atoms with Crippen LogP contribution in [0.25, 0.3) is 10.9 Å². The van der Waals surface area contributed by atoms with Crippen molar-refractivity contribution >= 4 is 63.5 Å². The van der Waals surface area contributed by atoms with Crippen molar-refractivity contribution in [1.29, 1.82) is 5.26 Å². The molecule has 56 heavy (non-hydrogen) atoms. The zero-order valence-corrected chi connectivity index (χ0v) is 32.7. The lowest BCUT2D eigenvalue weighted by Crippen LogP contribution is -2.59. The topological polar surface area (TPSA) is 146 Å². The first kappa shape index (κ1) is 37.5. The molecule has 4 aromatic rings. The van der Waals surface area contributed by atoms with Crippen molar-refractivity contribution in [3.05, 3.63) is 71.6 Å². The predicted octanol–water partition coefficient (Wildman–Crippen LogP) is 6.09. The summed E-state index contributed by atoms with van der Waals surface area (Å²) in [6, 6.07) is 15.6. The second-order valence-electron chi connectivity index (χ2n) is 15.6. The van der Waals surface area contributed by atoms with Crippen molar-refractivity contribution in [2.24, 2.45) is 5.92 Å². The Kier molecular flexibility index (Phi) is 10.7. The highest BCUT2D eigenvalue weighted by molar-refractivity contribution is 6.32. The molecule has 2 aromatic heterocycles. The lowest BCUT2D eigenvalue weighted by Gasteiger charge is -2.45. The Morgan fingerprint density at radius 2 is 1.73 bits per heavy atom. The van der Waals surface area contributed by atoms with Gasteiger partial charge in [0, 0.05) is 94.2 Å². The minimum Gasteiger partial charge on any atom is -0.365 e. The van der Waals surface area contributed by atoms with Crippen molar-refractivity contribution in [3.63, 3.8) is 0 Å². The van der Waals surface area contributed by atoms with Crippen LogP contribution >= 0.6 is 11.6 Å². The van der Waals surface area contributed by atoms with Gasteiger partial charge in [-0.15, -0.1) is 0 Å². The first-order chi connectivity index (χ1) is 27.1. The van der Waals surface area contributed by atoms with E-state index in [1.54, 1.807) is 23.4 Å². The summed E-state index contributed by atoms with van der Waals surface area (Å²) in [5.41, 5.74) is 3.93. The molecule has 2 aromatic carbocycles. The molecule has 0 saturated carbocycles. The second-order valence-corrected chi connectivity index (χ2v) is 16.0.